The van der Waals surface area contributed by atoms with Gasteiger partial charge in [-0.05, 0) is 17.5 Å². The fourth-order valence-electron chi connectivity index (χ4n) is 3.97. The normalized spacial score (nSPS) is 14.4. The van der Waals surface area contributed by atoms with E-state index in [-0.39, 0.29) is 12.8 Å². The number of amides is 3. The van der Waals surface area contributed by atoms with E-state index in [9.17, 15) is 24.3 Å². The molecule has 0 saturated heterocycles. The number of H-pyrrole nitrogens is 2. The molecule has 1 aromatic carbocycles. The second-order valence-electron chi connectivity index (χ2n) is 9.32. The van der Waals surface area contributed by atoms with E-state index in [2.05, 4.69) is 30.9 Å². The molecule has 0 fully saturated rings. The lowest BCUT2D eigenvalue weighted by atomic mass is 10.00. The van der Waals surface area contributed by atoms with Crippen molar-refractivity contribution in [2.45, 2.75) is 50.9 Å². The van der Waals surface area contributed by atoms with Crippen molar-refractivity contribution in [2.24, 2.45) is 11.7 Å². The molecule has 0 aliphatic rings. The Kier molecular flexibility index (Phi) is 9.57. The molecule has 3 amide bonds. The fourth-order valence-corrected chi connectivity index (χ4v) is 3.97. The minimum Gasteiger partial charge on any atom is -0.480 e. The molecule has 0 bridgehead atoms. The number of imidazole rings is 1. The van der Waals surface area contributed by atoms with Crippen molar-refractivity contribution < 1.29 is 29.4 Å². The Morgan fingerprint density at radius 1 is 0.974 bits per heavy atom. The van der Waals surface area contributed by atoms with Gasteiger partial charge in [-0.15, -0.1) is 0 Å². The molecule has 2 heterocycles. The summed E-state index contributed by atoms with van der Waals surface area (Å²) in [5, 5.41) is 26.8. The fraction of sp³-hybridized carbons (Fsp3) is 0.400. The standard InChI is InChI=1S/C25H33N7O6/c1-13(2)21(24(36)31-20(11-33)25(37)38)32-23(35)19(7-14-9-28-18-6-4-3-5-16(14)18)30-22(34)17(26)8-15-10-27-12-29-15/h3-6,9-10,12-13,17,19-21,28,33H,7-8,11,26H2,1-2H3,(H,27,29)(H,30,34)(H,31,36)(H,32,35)(H,37,38). The molecule has 13 nitrogen and oxygen atoms in total. The number of aromatic amines is 2. The molecule has 0 saturated carbocycles. The molecule has 38 heavy (non-hydrogen) atoms. The number of nitrogens with one attached hydrogen (secondary N) is 5. The van der Waals surface area contributed by atoms with Crippen LogP contribution in [0.2, 0.25) is 0 Å². The second kappa shape index (κ2) is 12.8. The Labute approximate surface area is 218 Å². The number of carbonyl (C=O) groups excluding carboxylic acids is 3. The van der Waals surface area contributed by atoms with Gasteiger partial charge in [0.15, 0.2) is 0 Å². The van der Waals surface area contributed by atoms with Crippen LogP contribution in [0.1, 0.15) is 25.1 Å². The summed E-state index contributed by atoms with van der Waals surface area (Å²) in [6, 6.07) is 2.76. The first-order chi connectivity index (χ1) is 18.1. The topological polar surface area (TPSA) is 215 Å². The Bertz CT molecular complexity index is 1260. The molecule has 0 radical (unpaired) electrons. The second-order valence-corrected chi connectivity index (χ2v) is 9.32. The van der Waals surface area contributed by atoms with E-state index in [4.69, 9.17) is 10.8 Å². The SMILES string of the molecule is CC(C)C(NC(=O)C(Cc1c[nH]c2ccccc12)NC(=O)C(N)Cc1cnc[nH]1)C(=O)NC(CO)C(=O)O. The Morgan fingerprint density at radius 3 is 2.32 bits per heavy atom. The van der Waals surface area contributed by atoms with Gasteiger partial charge in [0.25, 0.3) is 0 Å². The van der Waals surface area contributed by atoms with E-state index in [0.717, 1.165) is 16.5 Å². The third-order valence-electron chi connectivity index (χ3n) is 6.11. The predicted octanol–water partition coefficient (Wildman–Crippen LogP) is -0.809. The number of nitrogens with two attached hydrogens (primary N) is 1. The highest BCUT2D eigenvalue weighted by Gasteiger charge is 2.32. The molecular formula is C25H33N7O6. The Balaban J connectivity index is 1.81. The van der Waals surface area contributed by atoms with Crippen molar-refractivity contribution >= 4 is 34.6 Å². The van der Waals surface area contributed by atoms with E-state index in [1.165, 1.54) is 6.33 Å². The predicted molar refractivity (Wildman–Crippen MR) is 138 cm³/mol. The maximum absolute atomic E-state index is 13.5. The molecule has 9 N–H and O–H groups in total. The van der Waals surface area contributed by atoms with Gasteiger partial charge < -0.3 is 41.9 Å². The van der Waals surface area contributed by atoms with Crippen LogP contribution in [0, 0.1) is 5.92 Å². The molecule has 204 valence electrons. The Morgan fingerprint density at radius 2 is 1.68 bits per heavy atom. The van der Waals surface area contributed by atoms with Crippen LogP contribution in [0.25, 0.3) is 10.9 Å². The summed E-state index contributed by atoms with van der Waals surface area (Å²) < 4.78 is 0. The first-order valence-electron chi connectivity index (χ1n) is 12.1. The average molecular weight is 528 g/mol. The van der Waals surface area contributed by atoms with Crippen LogP contribution in [-0.2, 0) is 32.0 Å². The van der Waals surface area contributed by atoms with Crippen LogP contribution >= 0.6 is 0 Å². The number of para-hydroxylation sites is 1. The van der Waals surface area contributed by atoms with Crippen molar-refractivity contribution in [3.8, 4) is 0 Å². The van der Waals surface area contributed by atoms with Crippen molar-refractivity contribution in [2.75, 3.05) is 6.61 Å². The molecule has 4 atom stereocenters. The number of aliphatic hydroxyl groups excluding tert-OH is 1. The molecule has 3 aromatic rings. The number of rotatable bonds is 13. The summed E-state index contributed by atoms with van der Waals surface area (Å²) in [4.78, 5) is 60.4. The minimum absolute atomic E-state index is 0.0964. The van der Waals surface area contributed by atoms with Crippen molar-refractivity contribution in [1.82, 2.24) is 30.9 Å². The molecule has 3 rings (SSSR count). The highest BCUT2D eigenvalue weighted by molar-refractivity contribution is 5.95. The first kappa shape index (κ1) is 28.3. The van der Waals surface area contributed by atoms with Gasteiger partial charge in [0.2, 0.25) is 17.7 Å². The van der Waals surface area contributed by atoms with Gasteiger partial charge >= 0.3 is 5.97 Å². The zero-order valence-electron chi connectivity index (χ0n) is 21.1. The average Bonchev–Trinajstić information content (AvgIpc) is 3.54. The zero-order valence-corrected chi connectivity index (χ0v) is 21.1. The number of fused-ring (bicyclic) bond motifs is 1. The van der Waals surface area contributed by atoms with Crippen LogP contribution in [0.3, 0.4) is 0 Å². The molecule has 0 spiro atoms. The number of hydrogen-bond donors (Lipinski definition) is 8. The summed E-state index contributed by atoms with van der Waals surface area (Å²) in [5.41, 5.74) is 8.35. The van der Waals surface area contributed by atoms with Crippen LogP contribution in [-0.4, -0.2) is 79.6 Å². The maximum atomic E-state index is 13.5. The third-order valence-corrected chi connectivity index (χ3v) is 6.11. The van der Waals surface area contributed by atoms with Crippen LogP contribution in [0.5, 0.6) is 0 Å². The number of aromatic nitrogens is 3. The summed E-state index contributed by atoms with van der Waals surface area (Å²) in [6.45, 7) is 2.53. The molecular weight excluding hydrogens is 494 g/mol. The van der Waals surface area contributed by atoms with Crippen molar-refractivity contribution in [3.05, 3.63) is 54.2 Å². The molecule has 0 aliphatic carbocycles. The number of nitrogens with zero attached hydrogens (tertiary/aromatic N) is 1. The van der Waals surface area contributed by atoms with Gasteiger partial charge in [-0.3, -0.25) is 14.4 Å². The van der Waals surface area contributed by atoms with E-state index < -0.39 is 60.4 Å². The maximum Gasteiger partial charge on any atom is 0.328 e. The van der Waals surface area contributed by atoms with Gasteiger partial charge in [-0.25, -0.2) is 9.78 Å². The van der Waals surface area contributed by atoms with E-state index in [1.54, 1.807) is 26.2 Å². The number of carboxylic acid groups (broad SMARTS) is 1. The number of benzene rings is 1. The van der Waals surface area contributed by atoms with E-state index in [1.807, 2.05) is 24.3 Å². The number of aliphatic carboxylic acids is 1. The Hall–Kier alpha value is -4.23. The largest absolute Gasteiger partial charge is 0.480 e. The van der Waals surface area contributed by atoms with Gasteiger partial charge in [0.1, 0.15) is 18.1 Å². The van der Waals surface area contributed by atoms with Crippen molar-refractivity contribution in [1.29, 1.82) is 0 Å². The van der Waals surface area contributed by atoms with Crippen LogP contribution in [0.15, 0.2) is 43.0 Å². The van der Waals surface area contributed by atoms with Crippen LogP contribution < -0.4 is 21.7 Å². The molecule has 4 unspecified atom stereocenters. The van der Waals surface area contributed by atoms with Gasteiger partial charge in [0, 0.05) is 41.8 Å². The summed E-state index contributed by atoms with van der Waals surface area (Å²) in [5.74, 6) is -3.84. The van der Waals surface area contributed by atoms with Gasteiger partial charge in [0.05, 0.1) is 19.0 Å². The first-order valence-corrected chi connectivity index (χ1v) is 12.1. The highest BCUT2D eigenvalue weighted by atomic mass is 16.4. The lowest BCUT2D eigenvalue weighted by Crippen LogP contribution is -2.59. The summed E-state index contributed by atoms with van der Waals surface area (Å²) in [6.07, 6.45) is 5.02. The van der Waals surface area contributed by atoms with Gasteiger partial charge in [-0.1, -0.05) is 32.0 Å². The minimum atomic E-state index is -1.53. The van der Waals surface area contributed by atoms with Crippen LogP contribution in [0.4, 0.5) is 0 Å². The lowest BCUT2D eigenvalue weighted by Gasteiger charge is -2.27. The zero-order chi connectivity index (χ0) is 27.8. The lowest BCUT2D eigenvalue weighted by molar-refractivity contribution is -0.143. The van der Waals surface area contributed by atoms with Crippen molar-refractivity contribution in [3.63, 3.8) is 0 Å². The monoisotopic (exact) mass is 527 g/mol. The molecule has 2 aromatic heterocycles. The molecule has 13 heteroatoms. The number of carbonyl (C=O) groups is 4. The smallest absolute Gasteiger partial charge is 0.328 e. The van der Waals surface area contributed by atoms with E-state index in [0.29, 0.717) is 5.69 Å². The number of aliphatic hydroxyl groups is 1. The van der Waals surface area contributed by atoms with Gasteiger partial charge in [-0.2, -0.15) is 0 Å². The highest BCUT2D eigenvalue weighted by Crippen LogP contribution is 2.19. The van der Waals surface area contributed by atoms with E-state index >= 15 is 0 Å². The number of carboxylic acids is 1. The summed E-state index contributed by atoms with van der Waals surface area (Å²) >= 11 is 0. The third kappa shape index (κ3) is 7.17. The number of hydrogen-bond acceptors (Lipinski definition) is 7. The quantitative estimate of drug-likeness (QED) is 0.140. The molecule has 0 aliphatic heterocycles. The summed E-state index contributed by atoms with van der Waals surface area (Å²) in [7, 11) is 0.